The monoisotopic (exact) mass is 653 g/mol. The van der Waals surface area contributed by atoms with Crippen molar-refractivity contribution in [1.82, 2.24) is 10.2 Å². The topological polar surface area (TPSA) is 96.0 Å². The lowest BCUT2D eigenvalue weighted by molar-refractivity contribution is -0.140. The minimum atomic E-state index is -4.30. The van der Waals surface area contributed by atoms with Gasteiger partial charge in [-0.3, -0.25) is 13.9 Å². The Bertz CT molecular complexity index is 1490. The molecule has 0 heterocycles. The fourth-order valence-electron chi connectivity index (χ4n) is 4.31. The molecule has 0 aliphatic heterocycles. The van der Waals surface area contributed by atoms with Gasteiger partial charge in [0.1, 0.15) is 18.3 Å². The van der Waals surface area contributed by atoms with Crippen molar-refractivity contribution in [1.29, 1.82) is 0 Å². The van der Waals surface area contributed by atoms with Gasteiger partial charge in [0.15, 0.2) is 0 Å². The fourth-order valence-corrected chi connectivity index (χ4v) is 6.43. The van der Waals surface area contributed by atoms with E-state index in [9.17, 15) is 18.0 Å². The first-order valence-corrected chi connectivity index (χ1v) is 16.0. The highest BCUT2D eigenvalue weighted by Crippen LogP contribution is 2.35. The molecule has 42 heavy (non-hydrogen) atoms. The van der Waals surface area contributed by atoms with Gasteiger partial charge in [-0.05, 0) is 62.2 Å². The molecule has 0 aliphatic carbocycles. The maximum absolute atomic E-state index is 14.3. The first-order chi connectivity index (χ1) is 19.9. The predicted octanol–water partition coefficient (Wildman–Crippen LogP) is 6.57. The number of nitrogens with one attached hydrogen (secondary N) is 1. The number of ether oxygens (including phenoxy) is 1. The van der Waals surface area contributed by atoms with Crippen LogP contribution in [0.2, 0.25) is 15.1 Å². The van der Waals surface area contributed by atoms with Crippen LogP contribution in [0.4, 0.5) is 5.69 Å². The normalized spacial score (nSPS) is 12.7. The largest absolute Gasteiger partial charge is 0.495 e. The summed E-state index contributed by atoms with van der Waals surface area (Å²) in [6.07, 6.45) is 0.937. The second-order valence-corrected chi connectivity index (χ2v) is 12.7. The lowest BCUT2D eigenvalue weighted by Crippen LogP contribution is -2.53. The Morgan fingerprint density at radius 1 is 0.929 bits per heavy atom. The summed E-state index contributed by atoms with van der Waals surface area (Å²) in [6, 6.07) is 16.1. The molecule has 0 radical (unpaired) electrons. The molecular weight excluding hydrogens is 621 g/mol. The summed E-state index contributed by atoms with van der Waals surface area (Å²) in [5.41, 5.74) is 0.497. The van der Waals surface area contributed by atoms with Gasteiger partial charge in [0.2, 0.25) is 11.8 Å². The highest BCUT2D eigenvalue weighted by molar-refractivity contribution is 7.92. The molecule has 1 N–H and O–H groups in total. The number of benzene rings is 3. The molecule has 0 saturated heterocycles. The summed E-state index contributed by atoms with van der Waals surface area (Å²) >= 11 is 19.2. The number of sulfonamides is 1. The molecule has 0 saturated carbocycles. The zero-order valence-electron chi connectivity index (χ0n) is 23.8. The van der Waals surface area contributed by atoms with E-state index in [1.807, 2.05) is 13.8 Å². The molecule has 12 heteroatoms. The zero-order valence-corrected chi connectivity index (χ0v) is 26.9. The van der Waals surface area contributed by atoms with E-state index in [1.165, 1.54) is 36.3 Å². The van der Waals surface area contributed by atoms with E-state index in [0.29, 0.717) is 22.0 Å². The van der Waals surface area contributed by atoms with Crippen molar-refractivity contribution in [2.75, 3.05) is 18.0 Å². The van der Waals surface area contributed by atoms with Crippen LogP contribution in [0.25, 0.3) is 0 Å². The van der Waals surface area contributed by atoms with Gasteiger partial charge >= 0.3 is 0 Å². The molecule has 226 valence electrons. The average Bonchev–Trinajstić information content (AvgIpc) is 2.97. The number of nitrogens with zero attached hydrogens (tertiary/aromatic N) is 2. The van der Waals surface area contributed by atoms with E-state index in [4.69, 9.17) is 39.5 Å². The number of rotatable bonds is 13. The van der Waals surface area contributed by atoms with Crippen LogP contribution in [0, 0.1) is 0 Å². The number of hydrogen-bond acceptors (Lipinski definition) is 5. The number of halogens is 3. The molecule has 8 nitrogen and oxygen atoms in total. The van der Waals surface area contributed by atoms with E-state index in [1.54, 1.807) is 49.4 Å². The van der Waals surface area contributed by atoms with Crippen LogP contribution in [0.3, 0.4) is 0 Å². The Morgan fingerprint density at radius 3 is 2.14 bits per heavy atom. The molecule has 0 fully saturated rings. The second kappa shape index (κ2) is 15.0. The Hall–Kier alpha value is -2.98. The molecule has 2 amide bonds. The molecule has 0 spiro atoms. The van der Waals surface area contributed by atoms with E-state index in [0.717, 1.165) is 4.31 Å². The zero-order chi connectivity index (χ0) is 31.0. The summed E-state index contributed by atoms with van der Waals surface area (Å²) in [5.74, 6) is -0.839. The first kappa shape index (κ1) is 33.5. The molecule has 3 rings (SSSR count). The van der Waals surface area contributed by atoms with Crippen LogP contribution in [0.1, 0.15) is 39.2 Å². The molecule has 0 bridgehead atoms. The van der Waals surface area contributed by atoms with Crippen LogP contribution in [0.5, 0.6) is 5.75 Å². The number of carbonyl (C=O) groups excluding carboxylic acids is 2. The highest BCUT2D eigenvalue weighted by Gasteiger charge is 2.35. The minimum absolute atomic E-state index is 0.0397. The van der Waals surface area contributed by atoms with Gasteiger partial charge in [0, 0.05) is 33.2 Å². The summed E-state index contributed by atoms with van der Waals surface area (Å²) in [6.45, 7) is 4.77. The van der Waals surface area contributed by atoms with Gasteiger partial charge in [-0.2, -0.15) is 0 Å². The lowest BCUT2D eigenvalue weighted by Gasteiger charge is -2.34. The summed E-state index contributed by atoms with van der Waals surface area (Å²) < 4.78 is 34.5. The SMILES string of the molecule is CCC(C)NC(=O)C(CC)N(Cc1c(Cl)cccc1Cl)C(=O)CN(c1cc(Cl)ccc1OC)S(=O)(=O)c1ccccc1. The van der Waals surface area contributed by atoms with Crippen molar-refractivity contribution in [3.05, 3.63) is 87.4 Å². The van der Waals surface area contributed by atoms with Crippen molar-refractivity contribution in [3.8, 4) is 5.75 Å². The predicted molar refractivity (Wildman–Crippen MR) is 168 cm³/mol. The summed E-state index contributed by atoms with van der Waals surface area (Å²) in [4.78, 5) is 29.0. The van der Waals surface area contributed by atoms with E-state index >= 15 is 0 Å². The number of anilines is 1. The third-order valence-electron chi connectivity index (χ3n) is 6.80. The van der Waals surface area contributed by atoms with Crippen molar-refractivity contribution >= 4 is 62.3 Å². The van der Waals surface area contributed by atoms with Crippen LogP contribution < -0.4 is 14.4 Å². The van der Waals surface area contributed by atoms with Gasteiger partial charge in [0.25, 0.3) is 10.0 Å². The lowest BCUT2D eigenvalue weighted by atomic mass is 10.1. The Balaban J connectivity index is 2.16. The molecule has 2 atom stereocenters. The van der Waals surface area contributed by atoms with Gasteiger partial charge in [-0.1, -0.05) is 72.9 Å². The first-order valence-electron chi connectivity index (χ1n) is 13.4. The maximum Gasteiger partial charge on any atom is 0.264 e. The third kappa shape index (κ3) is 7.89. The molecule has 0 aromatic heterocycles. The minimum Gasteiger partial charge on any atom is -0.495 e. The number of methoxy groups -OCH3 is 1. The standard InChI is InChI=1S/C30H34Cl3N3O5S/c1-5-20(3)34-30(38)26(6-2)35(18-23-24(32)13-10-14-25(23)33)29(37)19-36(27-17-21(31)15-16-28(27)41-4)42(39,40)22-11-8-7-9-12-22/h7-17,20,26H,5-6,18-19H2,1-4H3,(H,34,38). The summed E-state index contributed by atoms with van der Waals surface area (Å²) in [5, 5.41) is 3.79. The van der Waals surface area contributed by atoms with E-state index < -0.39 is 28.5 Å². The highest BCUT2D eigenvalue weighted by atomic mass is 35.5. The second-order valence-electron chi connectivity index (χ2n) is 9.60. The molecule has 2 unspecified atom stereocenters. The van der Waals surface area contributed by atoms with Crippen LogP contribution in [-0.2, 0) is 26.2 Å². The Morgan fingerprint density at radius 2 is 1.57 bits per heavy atom. The maximum atomic E-state index is 14.3. The molecule has 3 aromatic rings. The number of amides is 2. The average molecular weight is 655 g/mol. The molecular formula is C30H34Cl3N3O5S. The Labute approximate surface area is 262 Å². The van der Waals surface area contributed by atoms with Gasteiger partial charge in [-0.25, -0.2) is 8.42 Å². The quantitative estimate of drug-likeness (QED) is 0.225. The van der Waals surface area contributed by atoms with Crippen LogP contribution in [0.15, 0.2) is 71.6 Å². The fraction of sp³-hybridized carbons (Fsp3) is 0.333. The van der Waals surface area contributed by atoms with Crippen LogP contribution >= 0.6 is 34.8 Å². The van der Waals surface area contributed by atoms with E-state index in [-0.39, 0.29) is 46.3 Å². The molecule has 3 aromatic carbocycles. The van der Waals surface area contributed by atoms with Crippen molar-refractivity contribution in [2.45, 2.75) is 57.1 Å². The number of carbonyl (C=O) groups is 2. The Kier molecular flexibility index (Phi) is 11.9. The number of hydrogen-bond donors (Lipinski definition) is 1. The van der Waals surface area contributed by atoms with Gasteiger partial charge < -0.3 is 15.0 Å². The van der Waals surface area contributed by atoms with Crippen molar-refractivity contribution in [3.63, 3.8) is 0 Å². The van der Waals surface area contributed by atoms with E-state index in [2.05, 4.69) is 5.32 Å². The van der Waals surface area contributed by atoms with Gasteiger partial charge in [-0.15, -0.1) is 0 Å². The van der Waals surface area contributed by atoms with Crippen molar-refractivity contribution < 1.29 is 22.7 Å². The smallest absolute Gasteiger partial charge is 0.264 e. The van der Waals surface area contributed by atoms with Crippen molar-refractivity contribution in [2.24, 2.45) is 0 Å². The molecule has 0 aliphatic rings. The van der Waals surface area contributed by atoms with Gasteiger partial charge in [0.05, 0.1) is 17.7 Å². The summed E-state index contributed by atoms with van der Waals surface area (Å²) in [7, 11) is -2.91. The third-order valence-corrected chi connectivity index (χ3v) is 9.51. The van der Waals surface area contributed by atoms with Crippen LogP contribution in [-0.4, -0.2) is 50.9 Å².